The lowest BCUT2D eigenvalue weighted by atomic mass is 9.82. The van der Waals surface area contributed by atoms with E-state index in [1.165, 1.54) is 17.7 Å². The number of aryl methyl sites for hydroxylation is 1. The fourth-order valence-electron chi connectivity index (χ4n) is 15.2. The molecule has 7 fully saturated rings. The van der Waals surface area contributed by atoms with Gasteiger partial charge in [0.1, 0.15) is 41.7 Å². The summed E-state index contributed by atoms with van der Waals surface area (Å²) in [6.45, 7) is 15.7. The third kappa shape index (κ3) is 14.5. The molecule has 0 bridgehead atoms. The van der Waals surface area contributed by atoms with Gasteiger partial charge in [0.2, 0.25) is 29.5 Å². The summed E-state index contributed by atoms with van der Waals surface area (Å²) < 4.78 is 31.4. The number of likely N-dealkylation sites (N-methyl/N-ethyl adjacent to an activating group) is 1. The Kier molecular flexibility index (Phi) is 18.9. The number of fused-ring (bicyclic) bond motifs is 2. The Balaban J connectivity index is 0.625. The van der Waals surface area contributed by atoms with E-state index in [0.29, 0.717) is 62.8 Å². The largest absolute Gasteiger partial charge is 0.370 e. The number of halogens is 2. The molecule has 6 aliphatic heterocycles. The molecule has 7 atom stereocenters. The molecule has 2 aromatic carbocycles. The second-order valence-electron chi connectivity index (χ2n) is 27.1. The lowest BCUT2D eigenvalue weighted by Crippen LogP contribution is -2.66. The summed E-state index contributed by atoms with van der Waals surface area (Å²) in [7, 11) is 1.72. The van der Waals surface area contributed by atoms with Gasteiger partial charge in [-0.05, 0) is 145 Å². The molecule has 462 valence electrons. The van der Waals surface area contributed by atoms with E-state index in [1.54, 1.807) is 30.1 Å². The second-order valence-corrected chi connectivity index (χ2v) is 27.1. The van der Waals surface area contributed by atoms with Crippen molar-refractivity contribution in [2.45, 2.75) is 153 Å². The van der Waals surface area contributed by atoms with Crippen LogP contribution in [0, 0.1) is 34.8 Å². The minimum atomic E-state index is -0.790. The summed E-state index contributed by atoms with van der Waals surface area (Å²) in [6.07, 6.45) is 13.5. The van der Waals surface area contributed by atoms with Crippen molar-refractivity contribution in [2.75, 3.05) is 114 Å². The van der Waals surface area contributed by atoms with Crippen LogP contribution in [-0.4, -0.2) is 187 Å². The van der Waals surface area contributed by atoms with E-state index >= 15 is 8.78 Å². The normalized spacial score (nSPS) is 26.1. The standard InChI is InChI=1S/C64H92F2N14O5/c1-42(67-4)60(83)73-59(44-13-6-5-7-14-44)62(85)80-37-48(29-54(80)61(84)72-52-17-10-15-43-12-8-9-16-49(43)52)71-57(81)38-77-35-46-33-76(34-47(46)36-77)23-11-22-68-55-31-56(70-41-69-55)78-26-20-64(21-27-78)40-79(39-58(82)74-64)53-30-50(65)45(28-51(53)66)32-75-24-18-63(2,3)19-25-75/h8-9,12,16,28,30-31,41-42,44,46-48,52,54,59,67H,5-7,10-11,13-15,17-27,29,32-40H2,1-4H3,(H,71,81)(H,72,84)(H,73,83)(H,74,82)(H,68,69,70)/t42-,46-,47+,48?,52-,54-,59-/m0/s1. The van der Waals surface area contributed by atoms with Crippen molar-refractivity contribution in [1.82, 2.24) is 56.2 Å². The molecule has 3 aromatic rings. The molecule has 1 saturated carbocycles. The number of benzene rings is 2. The van der Waals surface area contributed by atoms with Gasteiger partial charge in [0.05, 0.1) is 36.4 Å². The first-order valence-corrected chi connectivity index (χ1v) is 31.9. The fraction of sp³-hybridized carbons (Fsp3) is 0.672. The molecule has 19 nitrogen and oxygen atoms in total. The SMILES string of the molecule is CN[C@@H](C)C(=O)N[C@H](C(=O)N1CC(NC(=O)CN2C[C@H]3CN(CCCNc4cc(N5CCC6(CC5)CN(c5cc(F)c(CN7CCC(C)(C)CC7)cc5F)CC(=O)N6)ncn4)C[C@H]3C2)C[C@H]1C(=O)N[C@H]1CCCc2ccccc21)C1CCCCC1. The molecule has 5 amide bonds. The predicted octanol–water partition coefficient (Wildman–Crippen LogP) is 4.97. The smallest absolute Gasteiger partial charge is 0.246 e. The Morgan fingerprint density at radius 2 is 1.55 bits per heavy atom. The van der Waals surface area contributed by atoms with Crippen molar-refractivity contribution in [1.29, 1.82) is 0 Å². The molecule has 6 N–H and O–H groups in total. The molecule has 6 saturated heterocycles. The first-order chi connectivity index (χ1) is 41.0. The van der Waals surface area contributed by atoms with Gasteiger partial charge in [-0.1, -0.05) is 57.4 Å². The van der Waals surface area contributed by atoms with Gasteiger partial charge in [-0.25, -0.2) is 18.7 Å². The second kappa shape index (κ2) is 26.5. The quantitative estimate of drug-likeness (QED) is 0.0879. The molecule has 21 heteroatoms. The lowest BCUT2D eigenvalue weighted by Gasteiger charge is -2.48. The Labute approximate surface area is 500 Å². The third-order valence-corrected chi connectivity index (χ3v) is 20.4. The van der Waals surface area contributed by atoms with E-state index in [9.17, 15) is 24.0 Å². The molecule has 7 heterocycles. The van der Waals surface area contributed by atoms with Crippen molar-refractivity contribution in [2.24, 2.45) is 23.2 Å². The van der Waals surface area contributed by atoms with Crippen molar-refractivity contribution in [3.8, 4) is 0 Å². The first-order valence-electron chi connectivity index (χ1n) is 31.9. The number of piperidine rings is 2. The maximum Gasteiger partial charge on any atom is 0.246 e. The van der Waals surface area contributed by atoms with E-state index in [4.69, 9.17) is 0 Å². The molecule has 1 aromatic heterocycles. The summed E-state index contributed by atoms with van der Waals surface area (Å²) in [6, 6.07) is 10.2. The number of nitrogens with zero attached hydrogens (tertiary/aromatic N) is 8. The maximum atomic E-state index is 15.8. The van der Waals surface area contributed by atoms with Gasteiger partial charge in [-0.15, -0.1) is 0 Å². The van der Waals surface area contributed by atoms with Crippen LogP contribution in [0.3, 0.4) is 0 Å². The van der Waals surface area contributed by atoms with Crippen LogP contribution >= 0.6 is 0 Å². The highest BCUT2D eigenvalue weighted by Gasteiger charge is 2.47. The van der Waals surface area contributed by atoms with Crippen molar-refractivity contribution in [3.63, 3.8) is 0 Å². The van der Waals surface area contributed by atoms with Gasteiger partial charge in [0, 0.05) is 89.2 Å². The Hall–Kier alpha value is -6.03. The molecule has 8 aliphatic rings. The number of likely N-dealkylation sites (tertiary alicyclic amines) is 4. The molecule has 85 heavy (non-hydrogen) atoms. The summed E-state index contributed by atoms with van der Waals surface area (Å²) in [5, 5.41) is 19.4. The van der Waals surface area contributed by atoms with Crippen LogP contribution in [0.15, 0.2) is 48.8 Å². The number of rotatable bonds is 19. The number of anilines is 3. The van der Waals surface area contributed by atoms with Gasteiger partial charge in [0.25, 0.3) is 0 Å². The summed E-state index contributed by atoms with van der Waals surface area (Å²) in [5.41, 5.74) is 2.52. The van der Waals surface area contributed by atoms with E-state index in [2.05, 4.69) is 87.4 Å². The zero-order chi connectivity index (χ0) is 59.4. The number of hydrogen-bond acceptors (Lipinski definition) is 14. The highest BCUT2D eigenvalue weighted by molar-refractivity contribution is 5.94. The van der Waals surface area contributed by atoms with Crippen molar-refractivity contribution < 1.29 is 32.8 Å². The minimum absolute atomic E-state index is 0.0275. The van der Waals surface area contributed by atoms with Crippen molar-refractivity contribution >= 4 is 46.9 Å². The number of carbonyl (C=O) groups excluding carboxylic acids is 5. The van der Waals surface area contributed by atoms with Crippen LogP contribution in [0.5, 0.6) is 0 Å². The summed E-state index contributed by atoms with van der Waals surface area (Å²) >= 11 is 0. The van der Waals surface area contributed by atoms with Gasteiger partial charge in [-0.3, -0.25) is 33.8 Å². The average Bonchev–Trinajstić information content (AvgIpc) is 2.81. The van der Waals surface area contributed by atoms with Crippen LogP contribution < -0.4 is 41.7 Å². The Morgan fingerprint density at radius 3 is 2.31 bits per heavy atom. The van der Waals surface area contributed by atoms with Gasteiger partial charge < -0.3 is 51.5 Å². The zero-order valence-corrected chi connectivity index (χ0v) is 50.6. The summed E-state index contributed by atoms with van der Waals surface area (Å²) in [4.78, 5) is 91.4. The van der Waals surface area contributed by atoms with Crippen LogP contribution in [0.25, 0.3) is 0 Å². The first kappa shape index (κ1) is 60.6. The number of nitrogens with one attached hydrogen (secondary N) is 6. The maximum absolute atomic E-state index is 15.8. The highest BCUT2D eigenvalue weighted by Crippen LogP contribution is 2.37. The predicted molar refractivity (Wildman–Crippen MR) is 324 cm³/mol. The van der Waals surface area contributed by atoms with Gasteiger partial charge >= 0.3 is 0 Å². The number of piperazine rings is 1. The molecule has 1 unspecified atom stereocenters. The lowest BCUT2D eigenvalue weighted by molar-refractivity contribution is -0.143. The number of hydrogen-bond donors (Lipinski definition) is 6. The molecular weight excluding hydrogens is 1080 g/mol. The monoisotopic (exact) mass is 1170 g/mol. The van der Waals surface area contributed by atoms with Gasteiger partial charge in [-0.2, -0.15) is 0 Å². The van der Waals surface area contributed by atoms with E-state index in [-0.39, 0.29) is 72.2 Å². The van der Waals surface area contributed by atoms with Crippen LogP contribution in [0.4, 0.5) is 26.1 Å². The average molecular weight is 1180 g/mol. The topological polar surface area (TPSA) is 203 Å². The highest BCUT2D eigenvalue weighted by atomic mass is 19.1. The number of aromatic nitrogens is 2. The minimum Gasteiger partial charge on any atom is -0.370 e. The van der Waals surface area contributed by atoms with Crippen LogP contribution in [-0.2, 0) is 36.9 Å². The van der Waals surface area contributed by atoms with Gasteiger partial charge in [0.15, 0.2) is 0 Å². The fourth-order valence-corrected chi connectivity index (χ4v) is 15.2. The van der Waals surface area contributed by atoms with E-state index in [1.807, 2.05) is 18.2 Å². The van der Waals surface area contributed by atoms with E-state index < -0.39 is 41.3 Å². The van der Waals surface area contributed by atoms with E-state index in [0.717, 1.165) is 140 Å². The molecule has 1 spiro atoms. The number of carbonyl (C=O) groups is 5. The Morgan fingerprint density at radius 1 is 0.812 bits per heavy atom. The molecule has 0 radical (unpaired) electrons. The molecule has 2 aliphatic carbocycles. The summed E-state index contributed by atoms with van der Waals surface area (Å²) in [5.74, 6) is 0.480. The molecular formula is C64H92F2N14O5. The molecule has 11 rings (SSSR count). The van der Waals surface area contributed by atoms with Crippen molar-refractivity contribution in [3.05, 3.63) is 77.1 Å². The van der Waals surface area contributed by atoms with Crippen LogP contribution in [0.1, 0.15) is 127 Å². The van der Waals surface area contributed by atoms with Crippen LogP contribution in [0.2, 0.25) is 0 Å². The Bertz CT molecular complexity index is 2860. The zero-order valence-electron chi connectivity index (χ0n) is 50.6. The number of amides is 5. The third-order valence-electron chi connectivity index (χ3n) is 20.4.